The van der Waals surface area contributed by atoms with Gasteiger partial charge >= 0.3 is 0 Å². The molecule has 130 valence electrons. The topological polar surface area (TPSA) is 81.4 Å². The monoisotopic (exact) mass is 345 g/mol. The number of hydrazone groups is 1. The first-order chi connectivity index (χ1) is 12.0. The van der Waals surface area contributed by atoms with E-state index in [1.54, 1.807) is 6.21 Å². The van der Waals surface area contributed by atoms with Crippen LogP contribution < -0.4 is 0 Å². The number of azide groups is 1. The Kier molecular flexibility index (Phi) is 3.72. The van der Waals surface area contributed by atoms with E-state index in [0.29, 0.717) is 24.9 Å². The number of hydrogen-bond donors (Lipinski definition) is 0. The molecule has 8 heteroatoms. The third-order valence-corrected chi connectivity index (χ3v) is 5.72. The van der Waals surface area contributed by atoms with Crippen molar-refractivity contribution in [3.63, 3.8) is 0 Å². The van der Waals surface area contributed by atoms with Gasteiger partial charge in [0.15, 0.2) is 0 Å². The van der Waals surface area contributed by atoms with E-state index in [4.69, 9.17) is 5.53 Å². The predicted molar refractivity (Wildman–Crippen MR) is 86.3 cm³/mol. The molecule has 0 aromatic heterocycles. The Bertz CT molecular complexity index is 778. The lowest BCUT2D eigenvalue weighted by atomic mass is 9.69. The number of carbonyl (C=O) groups is 1. The molecule has 1 aromatic rings. The summed E-state index contributed by atoms with van der Waals surface area (Å²) in [6, 6.07) is 2.85. The number of hydrogen-bond acceptors (Lipinski definition) is 3. The van der Waals surface area contributed by atoms with Gasteiger partial charge in [0.1, 0.15) is 11.6 Å². The molecule has 3 saturated carbocycles. The van der Waals surface area contributed by atoms with E-state index in [9.17, 15) is 13.6 Å². The summed E-state index contributed by atoms with van der Waals surface area (Å²) in [6.45, 7) is 0.422. The van der Waals surface area contributed by atoms with Crippen LogP contribution in [0.15, 0.2) is 28.4 Å². The van der Waals surface area contributed by atoms with Crippen molar-refractivity contribution in [2.75, 3.05) is 6.54 Å². The summed E-state index contributed by atoms with van der Waals surface area (Å²) in [5, 5.41) is 9.22. The molecule has 1 aromatic carbocycles. The molecule has 0 spiro atoms. The van der Waals surface area contributed by atoms with Crippen LogP contribution in [0.3, 0.4) is 0 Å². The minimum atomic E-state index is -0.661. The van der Waals surface area contributed by atoms with E-state index in [1.807, 2.05) is 0 Å². The molecule has 5 rings (SSSR count). The zero-order valence-electron chi connectivity index (χ0n) is 13.5. The van der Waals surface area contributed by atoms with Gasteiger partial charge in [-0.15, -0.1) is 0 Å². The Morgan fingerprint density at radius 3 is 2.72 bits per heavy atom. The molecule has 1 unspecified atom stereocenters. The maximum atomic E-state index is 13.5. The highest BCUT2D eigenvalue weighted by Crippen LogP contribution is 2.62. The molecule has 3 aliphatic carbocycles. The van der Waals surface area contributed by atoms with E-state index >= 15 is 0 Å². The maximum absolute atomic E-state index is 13.5. The van der Waals surface area contributed by atoms with Crippen LogP contribution in [0.25, 0.3) is 10.4 Å². The van der Waals surface area contributed by atoms with Crippen LogP contribution in [0.2, 0.25) is 0 Å². The zero-order valence-corrected chi connectivity index (χ0v) is 13.5. The molecule has 1 heterocycles. The second kappa shape index (κ2) is 5.81. The molecule has 1 amide bonds. The Hall–Kier alpha value is -2.47. The lowest BCUT2D eigenvalue weighted by molar-refractivity contribution is -0.138. The van der Waals surface area contributed by atoms with Crippen LogP contribution in [0.4, 0.5) is 8.78 Å². The first kappa shape index (κ1) is 16.0. The summed E-state index contributed by atoms with van der Waals surface area (Å²) < 4.78 is 27.0. The summed E-state index contributed by atoms with van der Waals surface area (Å²) >= 11 is 0. The number of amides is 1. The summed E-state index contributed by atoms with van der Waals surface area (Å²) in [5.74, 6) is -1.31. The third-order valence-electron chi connectivity index (χ3n) is 5.72. The van der Waals surface area contributed by atoms with Gasteiger partial charge in [-0.1, -0.05) is 5.11 Å². The molecule has 6 nitrogen and oxygen atoms in total. The minimum Gasteiger partial charge on any atom is -0.273 e. The van der Waals surface area contributed by atoms with Crippen molar-refractivity contribution in [3.05, 3.63) is 45.8 Å². The van der Waals surface area contributed by atoms with Crippen molar-refractivity contribution < 1.29 is 13.6 Å². The van der Waals surface area contributed by atoms with Crippen LogP contribution in [-0.2, 0) is 4.79 Å². The predicted octanol–water partition coefficient (Wildman–Crippen LogP) is 3.95. The molecule has 2 atom stereocenters. The molecule has 2 bridgehead atoms. The second-order valence-electron chi connectivity index (χ2n) is 7.30. The average Bonchev–Trinajstić information content (AvgIpc) is 3.23. The fourth-order valence-corrected chi connectivity index (χ4v) is 4.64. The zero-order chi connectivity index (χ0) is 17.6. The number of rotatable bonds is 4. The molecule has 4 aliphatic rings. The van der Waals surface area contributed by atoms with Gasteiger partial charge in [0, 0.05) is 36.1 Å². The Labute approximate surface area is 143 Å². The fourth-order valence-electron chi connectivity index (χ4n) is 4.64. The van der Waals surface area contributed by atoms with Gasteiger partial charge in [-0.05, 0) is 53.8 Å². The first-order valence-electron chi connectivity index (χ1n) is 8.34. The van der Waals surface area contributed by atoms with Gasteiger partial charge in [-0.3, -0.25) is 4.79 Å². The molecule has 0 saturated heterocycles. The molecule has 1 aliphatic heterocycles. The minimum absolute atomic E-state index is 0.0544. The molecule has 0 N–H and O–H groups in total. The van der Waals surface area contributed by atoms with Crippen LogP contribution in [0.5, 0.6) is 0 Å². The number of carbonyl (C=O) groups excluding carboxylic acids is 1. The van der Waals surface area contributed by atoms with Crippen LogP contribution in [-0.4, -0.2) is 23.7 Å². The first-order valence-corrected chi connectivity index (χ1v) is 8.34. The van der Waals surface area contributed by atoms with E-state index < -0.39 is 17.7 Å². The van der Waals surface area contributed by atoms with Crippen LogP contribution >= 0.6 is 0 Å². The van der Waals surface area contributed by atoms with Crippen LogP contribution in [0, 0.1) is 28.9 Å². The van der Waals surface area contributed by atoms with Crippen molar-refractivity contribution in [3.8, 4) is 0 Å². The van der Waals surface area contributed by atoms with Crippen molar-refractivity contribution in [2.45, 2.75) is 31.7 Å². The Balaban J connectivity index is 1.52. The summed E-state index contributed by atoms with van der Waals surface area (Å²) in [5.41, 5.74) is 8.87. The van der Waals surface area contributed by atoms with Gasteiger partial charge in [0.05, 0.1) is 6.04 Å². The Morgan fingerprint density at radius 1 is 1.32 bits per heavy atom. The largest absolute Gasteiger partial charge is 0.273 e. The van der Waals surface area contributed by atoms with Crippen molar-refractivity contribution in [1.82, 2.24) is 5.01 Å². The molecular weight excluding hydrogens is 328 g/mol. The Morgan fingerprint density at radius 2 is 2.04 bits per heavy atom. The molecular formula is C17H17F2N5O. The van der Waals surface area contributed by atoms with Gasteiger partial charge < -0.3 is 0 Å². The molecule has 0 radical (unpaired) electrons. The number of benzene rings is 1. The van der Waals surface area contributed by atoms with Crippen LogP contribution in [0.1, 0.15) is 37.3 Å². The van der Waals surface area contributed by atoms with Crippen molar-refractivity contribution in [2.24, 2.45) is 27.5 Å². The smallest absolute Gasteiger partial charge is 0.246 e. The number of nitrogens with zero attached hydrogens (tertiary/aromatic N) is 5. The normalized spacial score (nSPS) is 32.4. The van der Waals surface area contributed by atoms with E-state index in [0.717, 1.165) is 18.9 Å². The third kappa shape index (κ3) is 2.66. The highest BCUT2D eigenvalue weighted by molar-refractivity contribution is 5.83. The van der Waals surface area contributed by atoms with E-state index in [2.05, 4.69) is 15.1 Å². The van der Waals surface area contributed by atoms with Crippen molar-refractivity contribution >= 4 is 12.1 Å². The van der Waals surface area contributed by atoms with E-state index in [1.165, 1.54) is 17.1 Å². The maximum Gasteiger partial charge on any atom is 0.246 e. The lowest BCUT2D eigenvalue weighted by Gasteiger charge is -2.37. The standard InChI is InChI=1S/C17H17F2N5O/c18-12-3-10(4-13(19)5-12)15-1-2-22-24(15)16(25)14-8-17(9-21-23-20)6-11(14)7-17/h2-5,11,14-15H,1,6-9H2/t11?,14-,15?,17?/m0/s1. The molecule has 3 fully saturated rings. The van der Waals surface area contributed by atoms with E-state index in [-0.39, 0.29) is 23.2 Å². The quantitative estimate of drug-likeness (QED) is 0.462. The average molecular weight is 345 g/mol. The van der Waals surface area contributed by atoms with Crippen molar-refractivity contribution in [1.29, 1.82) is 0 Å². The highest BCUT2D eigenvalue weighted by atomic mass is 19.1. The van der Waals surface area contributed by atoms with Gasteiger partial charge in [0.25, 0.3) is 0 Å². The highest BCUT2D eigenvalue weighted by Gasteiger charge is 2.58. The fraction of sp³-hybridized carbons (Fsp3) is 0.529. The van der Waals surface area contributed by atoms with Gasteiger partial charge in [0.2, 0.25) is 5.91 Å². The number of fused-ring (bicyclic) bond motifs is 1. The SMILES string of the molecule is [N-]=[N+]=NCC12CC(C1)[C@@H](C(=O)N1N=CCC1c1cc(F)cc(F)c1)C2. The summed E-state index contributed by atoms with van der Waals surface area (Å²) in [6.07, 6.45) is 4.51. The lowest BCUT2D eigenvalue weighted by Crippen LogP contribution is -2.35. The van der Waals surface area contributed by atoms with Gasteiger partial charge in [-0.2, -0.15) is 5.10 Å². The summed E-state index contributed by atoms with van der Waals surface area (Å²) in [4.78, 5) is 15.8. The van der Waals surface area contributed by atoms with Gasteiger partial charge in [-0.25, -0.2) is 13.8 Å². The number of halogens is 2. The molecule has 25 heavy (non-hydrogen) atoms. The summed E-state index contributed by atoms with van der Waals surface area (Å²) in [7, 11) is 0. The second-order valence-corrected chi connectivity index (χ2v) is 7.30.